The molecule has 0 aliphatic heterocycles. The van der Waals surface area contributed by atoms with Crippen molar-refractivity contribution in [2.75, 3.05) is 39.5 Å². The Bertz CT molecular complexity index is 327. The van der Waals surface area contributed by atoms with E-state index in [1.165, 1.54) is 0 Å². The molecule has 0 aliphatic rings. The normalized spacial score (nSPS) is 13.2. The number of sulfonamides is 1. The van der Waals surface area contributed by atoms with E-state index in [0.717, 1.165) is 25.9 Å². The molecule has 19 heavy (non-hydrogen) atoms. The van der Waals surface area contributed by atoms with Gasteiger partial charge in [-0.1, -0.05) is 6.92 Å². The average Bonchev–Trinajstić information content (AvgIpc) is 2.31. The zero-order valence-corrected chi connectivity index (χ0v) is 13.9. The van der Waals surface area contributed by atoms with E-state index in [0.29, 0.717) is 13.0 Å². The van der Waals surface area contributed by atoms with Crippen LogP contribution in [0.25, 0.3) is 0 Å². The quantitative estimate of drug-likeness (QED) is 0.559. The zero-order chi connectivity index (χ0) is 14.9. The van der Waals surface area contributed by atoms with Crippen molar-refractivity contribution in [3.8, 4) is 0 Å². The Morgan fingerprint density at radius 1 is 1.11 bits per heavy atom. The zero-order valence-electron chi connectivity index (χ0n) is 13.1. The van der Waals surface area contributed by atoms with Crippen molar-refractivity contribution in [3.63, 3.8) is 0 Å². The molecule has 0 radical (unpaired) electrons. The van der Waals surface area contributed by atoms with Crippen molar-refractivity contribution in [2.24, 2.45) is 0 Å². The third-order valence-corrected chi connectivity index (χ3v) is 4.79. The average molecular weight is 293 g/mol. The molecule has 0 aliphatic carbocycles. The SMILES string of the molecule is CCCNCCCCS(=O)(=O)NCC(C)(C)N(C)C. The van der Waals surface area contributed by atoms with Crippen LogP contribution < -0.4 is 10.0 Å². The van der Waals surface area contributed by atoms with Gasteiger partial charge < -0.3 is 10.2 Å². The van der Waals surface area contributed by atoms with Crippen molar-refractivity contribution in [1.29, 1.82) is 0 Å². The smallest absolute Gasteiger partial charge is 0.211 e. The lowest BCUT2D eigenvalue weighted by atomic mass is 10.1. The third kappa shape index (κ3) is 9.38. The van der Waals surface area contributed by atoms with Crippen LogP contribution in [0.5, 0.6) is 0 Å². The Morgan fingerprint density at radius 3 is 2.26 bits per heavy atom. The van der Waals surface area contributed by atoms with Gasteiger partial charge in [-0.25, -0.2) is 13.1 Å². The van der Waals surface area contributed by atoms with Crippen molar-refractivity contribution < 1.29 is 8.42 Å². The number of likely N-dealkylation sites (N-methyl/N-ethyl adjacent to an activating group) is 1. The minimum Gasteiger partial charge on any atom is -0.317 e. The minimum atomic E-state index is -3.15. The maximum atomic E-state index is 11.8. The van der Waals surface area contributed by atoms with Gasteiger partial charge in [0, 0.05) is 12.1 Å². The summed E-state index contributed by atoms with van der Waals surface area (Å²) in [5.74, 6) is 0.213. The molecule has 0 aromatic carbocycles. The van der Waals surface area contributed by atoms with Crippen molar-refractivity contribution >= 4 is 10.0 Å². The van der Waals surface area contributed by atoms with Crippen LogP contribution in [-0.2, 0) is 10.0 Å². The standard InChI is InChI=1S/C13H31N3O2S/c1-6-9-14-10-7-8-11-19(17,18)15-12-13(2,3)16(4)5/h14-15H,6-12H2,1-5H3. The molecule has 0 saturated heterocycles. The summed E-state index contributed by atoms with van der Waals surface area (Å²) < 4.78 is 26.4. The Morgan fingerprint density at radius 2 is 1.74 bits per heavy atom. The Kier molecular flexibility index (Phi) is 8.81. The van der Waals surface area contributed by atoms with E-state index in [2.05, 4.69) is 17.0 Å². The first-order chi connectivity index (χ1) is 8.71. The first-order valence-corrected chi connectivity index (χ1v) is 8.72. The van der Waals surface area contributed by atoms with Gasteiger partial charge in [0.15, 0.2) is 0 Å². The second-order valence-electron chi connectivity index (χ2n) is 5.80. The maximum absolute atomic E-state index is 11.8. The summed E-state index contributed by atoms with van der Waals surface area (Å²) in [5, 5.41) is 3.27. The Hall–Kier alpha value is -0.170. The number of hydrogen-bond donors (Lipinski definition) is 2. The first-order valence-electron chi connectivity index (χ1n) is 7.07. The predicted octanol–water partition coefficient (Wildman–Crippen LogP) is 1.03. The number of rotatable bonds is 11. The molecule has 0 fully saturated rings. The molecule has 0 bridgehead atoms. The second kappa shape index (κ2) is 8.89. The molecular formula is C13H31N3O2S. The fourth-order valence-electron chi connectivity index (χ4n) is 1.36. The van der Waals surface area contributed by atoms with Crippen LogP contribution in [0, 0.1) is 0 Å². The van der Waals surface area contributed by atoms with Crippen LogP contribution in [0.3, 0.4) is 0 Å². The fourth-order valence-corrected chi connectivity index (χ4v) is 2.66. The van der Waals surface area contributed by atoms with Gasteiger partial charge in [-0.15, -0.1) is 0 Å². The molecule has 0 aromatic heterocycles. The topological polar surface area (TPSA) is 61.4 Å². The number of hydrogen-bond acceptors (Lipinski definition) is 4. The van der Waals surface area contributed by atoms with Crippen LogP contribution >= 0.6 is 0 Å². The summed E-state index contributed by atoms with van der Waals surface area (Å²) >= 11 is 0. The van der Waals surface area contributed by atoms with E-state index in [1.54, 1.807) is 0 Å². The third-order valence-electron chi connectivity index (χ3n) is 3.38. The van der Waals surface area contributed by atoms with E-state index < -0.39 is 10.0 Å². The number of nitrogens with one attached hydrogen (secondary N) is 2. The number of unbranched alkanes of at least 4 members (excludes halogenated alkanes) is 1. The summed E-state index contributed by atoms with van der Waals surface area (Å²) in [6.07, 6.45) is 2.71. The molecule has 116 valence electrons. The van der Waals surface area contributed by atoms with Gasteiger partial charge in [-0.3, -0.25) is 0 Å². The molecule has 6 heteroatoms. The van der Waals surface area contributed by atoms with Gasteiger partial charge in [0.25, 0.3) is 0 Å². The van der Waals surface area contributed by atoms with Crippen LogP contribution in [0.2, 0.25) is 0 Å². The van der Waals surface area contributed by atoms with E-state index in [4.69, 9.17) is 0 Å². The molecule has 0 amide bonds. The highest BCUT2D eigenvalue weighted by Crippen LogP contribution is 2.08. The monoisotopic (exact) mass is 293 g/mol. The summed E-state index contributed by atoms with van der Waals surface area (Å²) in [7, 11) is 0.759. The lowest BCUT2D eigenvalue weighted by molar-refractivity contribution is 0.199. The molecule has 0 rings (SSSR count). The number of nitrogens with zero attached hydrogens (tertiary/aromatic N) is 1. The molecule has 0 saturated carbocycles. The van der Waals surface area contributed by atoms with Crippen molar-refractivity contribution in [2.45, 2.75) is 45.6 Å². The fraction of sp³-hybridized carbons (Fsp3) is 1.00. The largest absolute Gasteiger partial charge is 0.317 e. The Labute approximate surface area is 119 Å². The summed E-state index contributed by atoms with van der Waals surface area (Å²) in [6, 6.07) is 0. The molecular weight excluding hydrogens is 262 g/mol. The molecule has 0 heterocycles. The van der Waals surface area contributed by atoms with Gasteiger partial charge >= 0.3 is 0 Å². The molecule has 2 N–H and O–H groups in total. The molecule has 0 spiro atoms. The minimum absolute atomic E-state index is 0.171. The van der Waals surface area contributed by atoms with Gasteiger partial charge in [0.2, 0.25) is 10.0 Å². The van der Waals surface area contributed by atoms with Gasteiger partial charge in [-0.2, -0.15) is 0 Å². The first kappa shape index (κ1) is 18.8. The van der Waals surface area contributed by atoms with Crippen molar-refractivity contribution in [3.05, 3.63) is 0 Å². The van der Waals surface area contributed by atoms with Crippen molar-refractivity contribution in [1.82, 2.24) is 14.9 Å². The van der Waals surface area contributed by atoms with Crippen LogP contribution in [0.1, 0.15) is 40.0 Å². The second-order valence-corrected chi connectivity index (χ2v) is 7.73. The van der Waals surface area contributed by atoms with Crippen LogP contribution in [0.15, 0.2) is 0 Å². The van der Waals surface area contributed by atoms with Crippen LogP contribution in [0.4, 0.5) is 0 Å². The van der Waals surface area contributed by atoms with Gasteiger partial charge in [0.1, 0.15) is 0 Å². The van der Waals surface area contributed by atoms with Gasteiger partial charge in [-0.05, 0) is 60.3 Å². The molecule has 5 nitrogen and oxygen atoms in total. The Balaban J connectivity index is 3.87. The lowest BCUT2D eigenvalue weighted by Gasteiger charge is -2.32. The van der Waals surface area contributed by atoms with E-state index in [-0.39, 0.29) is 11.3 Å². The van der Waals surface area contributed by atoms with Crippen LogP contribution in [-0.4, -0.2) is 58.3 Å². The molecule has 0 atom stereocenters. The van der Waals surface area contributed by atoms with Gasteiger partial charge in [0.05, 0.1) is 5.75 Å². The highest BCUT2D eigenvalue weighted by Gasteiger charge is 2.22. The van der Waals surface area contributed by atoms with E-state index >= 15 is 0 Å². The maximum Gasteiger partial charge on any atom is 0.211 e. The highest BCUT2D eigenvalue weighted by molar-refractivity contribution is 7.89. The van der Waals surface area contributed by atoms with E-state index in [1.807, 2.05) is 32.8 Å². The molecule has 0 aromatic rings. The summed E-state index contributed by atoms with van der Waals surface area (Å²) in [5.41, 5.74) is -0.171. The lowest BCUT2D eigenvalue weighted by Crippen LogP contribution is -2.48. The summed E-state index contributed by atoms with van der Waals surface area (Å²) in [6.45, 7) is 8.49. The van der Waals surface area contributed by atoms with E-state index in [9.17, 15) is 8.42 Å². The molecule has 0 unspecified atom stereocenters. The highest BCUT2D eigenvalue weighted by atomic mass is 32.2. The summed E-state index contributed by atoms with van der Waals surface area (Å²) in [4.78, 5) is 2.02. The predicted molar refractivity (Wildman–Crippen MR) is 82.0 cm³/mol.